The van der Waals surface area contributed by atoms with Gasteiger partial charge in [0.05, 0.1) is 6.04 Å². The van der Waals surface area contributed by atoms with Gasteiger partial charge in [-0.15, -0.1) is 0 Å². The number of benzene rings is 3. The van der Waals surface area contributed by atoms with Crippen molar-refractivity contribution in [3.8, 4) is 11.5 Å². The van der Waals surface area contributed by atoms with Crippen LogP contribution in [0.3, 0.4) is 0 Å². The summed E-state index contributed by atoms with van der Waals surface area (Å²) in [6, 6.07) is 25.6. The molecule has 0 aromatic heterocycles. The third-order valence-corrected chi connectivity index (χ3v) is 8.72. The second kappa shape index (κ2) is 8.53. The van der Waals surface area contributed by atoms with Crippen LogP contribution < -0.4 is 20.1 Å². The van der Waals surface area contributed by atoms with E-state index in [1.165, 1.54) is 21.5 Å². The van der Waals surface area contributed by atoms with Gasteiger partial charge in [-0.25, -0.2) is 4.99 Å². The molecular weight excluding hydrogens is 429 g/mol. The number of allylic oxidation sites excluding steroid dienone is 2. The summed E-state index contributed by atoms with van der Waals surface area (Å²) >= 11 is 0. The zero-order valence-electron chi connectivity index (χ0n) is 18.4. The molecule has 164 valence electrons. The summed E-state index contributed by atoms with van der Waals surface area (Å²) < 4.78 is 17.1. The Hall–Kier alpha value is -3.36. The number of rotatable bonds is 5. The first-order valence-electron chi connectivity index (χ1n) is 11.2. The SMILES string of the molecule is C[C@@H](N=C1OCc2cc3c(cc21)OCO3)C1=CCC=C1P(c1ccccc1)c1ccccc1. The summed E-state index contributed by atoms with van der Waals surface area (Å²) in [6.45, 7) is 2.95. The van der Waals surface area contributed by atoms with Crippen LogP contribution in [0.5, 0.6) is 11.5 Å². The summed E-state index contributed by atoms with van der Waals surface area (Å²) in [5.41, 5.74) is 3.39. The summed E-state index contributed by atoms with van der Waals surface area (Å²) in [7, 11) is -0.652. The van der Waals surface area contributed by atoms with Gasteiger partial charge in [0.25, 0.3) is 0 Å². The zero-order valence-corrected chi connectivity index (χ0v) is 19.3. The van der Waals surface area contributed by atoms with E-state index in [0.717, 1.165) is 29.0 Å². The highest BCUT2D eigenvalue weighted by atomic mass is 31.1. The number of hydrogen-bond acceptors (Lipinski definition) is 4. The molecule has 0 fully saturated rings. The lowest BCUT2D eigenvalue weighted by atomic mass is 10.1. The van der Waals surface area contributed by atoms with Crippen LogP contribution in [0.2, 0.25) is 0 Å². The minimum absolute atomic E-state index is 0.0115. The van der Waals surface area contributed by atoms with E-state index in [-0.39, 0.29) is 12.8 Å². The Morgan fingerprint density at radius 2 is 1.48 bits per heavy atom. The molecule has 1 aliphatic carbocycles. The maximum atomic E-state index is 5.99. The summed E-state index contributed by atoms with van der Waals surface area (Å²) in [5.74, 6) is 2.23. The van der Waals surface area contributed by atoms with E-state index in [9.17, 15) is 0 Å². The Morgan fingerprint density at radius 3 is 2.18 bits per heavy atom. The molecule has 0 radical (unpaired) electrons. The molecule has 0 N–H and O–H groups in total. The van der Waals surface area contributed by atoms with E-state index in [1.807, 2.05) is 12.1 Å². The normalized spacial score (nSPS) is 18.2. The Labute approximate surface area is 195 Å². The molecule has 3 aromatic rings. The van der Waals surface area contributed by atoms with Crippen LogP contribution in [-0.2, 0) is 11.3 Å². The Balaban J connectivity index is 1.34. The smallest absolute Gasteiger partial charge is 0.231 e. The molecule has 4 nitrogen and oxygen atoms in total. The predicted octanol–water partition coefficient (Wildman–Crippen LogP) is 5.43. The summed E-state index contributed by atoms with van der Waals surface area (Å²) in [6.07, 6.45) is 5.63. The van der Waals surface area contributed by atoms with Crippen molar-refractivity contribution >= 4 is 24.4 Å². The molecule has 0 saturated heterocycles. The third-order valence-electron chi connectivity index (χ3n) is 6.17. The Morgan fingerprint density at radius 1 is 0.818 bits per heavy atom. The van der Waals surface area contributed by atoms with Gasteiger partial charge in [-0.1, -0.05) is 72.8 Å². The molecule has 1 atom stereocenters. The van der Waals surface area contributed by atoms with Crippen molar-refractivity contribution in [2.45, 2.75) is 26.0 Å². The van der Waals surface area contributed by atoms with Gasteiger partial charge in [0.1, 0.15) is 6.61 Å². The quantitative estimate of drug-likeness (QED) is 0.484. The molecular formula is C28H24NO3P. The second-order valence-corrected chi connectivity index (χ2v) is 10.4. The summed E-state index contributed by atoms with van der Waals surface area (Å²) in [4.78, 5) is 5.04. The Kier molecular flexibility index (Phi) is 5.24. The second-order valence-electron chi connectivity index (χ2n) is 8.25. The fraction of sp³-hybridized carbons (Fsp3) is 0.179. The average molecular weight is 453 g/mol. The van der Waals surface area contributed by atoms with Crippen molar-refractivity contribution in [1.82, 2.24) is 0 Å². The predicted molar refractivity (Wildman–Crippen MR) is 133 cm³/mol. The number of hydrogen-bond donors (Lipinski definition) is 0. The van der Waals surface area contributed by atoms with E-state index < -0.39 is 7.92 Å². The van der Waals surface area contributed by atoms with E-state index in [0.29, 0.717) is 12.5 Å². The lowest BCUT2D eigenvalue weighted by Crippen LogP contribution is -2.16. The number of aliphatic imine (C=N–C) groups is 1. The van der Waals surface area contributed by atoms with Crippen LogP contribution in [0.4, 0.5) is 0 Å². The van der Waals surface area contributed by atoms with Gasteiger partial charge in [-0.2, -0.15) is 0 Å². The molecule has 3 aliphatic rings. The molecule has 0 amide bonds. The number of nitrogens with zero attached hydrogens (tertiary/aromatic N) is 1. The maximum Gasteiger partial charge on any atom is 0.231 e. The highest BCUT2D eigenvalue weighted by Gasteiger charge is 2.29. The number of ether oxygens (including phenoxy) is 3. The van der Waals surface area contributed by atoms with E-state index in [1.54, 1.807) is 0 Å². The highest BCUT2D eigenvalue weighted by Crippen LogP contribution is 2.50. The molecule has 2 heterocycles. The van der Waals surface area contributed by atoms with Crippen LogP contribution in [0.25, 0.3) is 0 Å². The van der Waals surface area contributed by atoms with Crippen molar-refractivity contribution in [2.75, 3.05) is 6.79 Å². The van der Waals surface area contributed by atoms with Gasteiger partial charge in [0.15, 0.2) is 11.5 Å². The molecule has 0 unspecified atom stereocenters. The fourth-order valence-electron chi connectivity index (χ4n) is 4.58. The lowest BCUT2D eigenvalue weighted by molar-refractivity contribution is 0.173. The minimum atomic E-state index is -0.652. The lowest BCUT2D eigenvalue weighted by Gasteiger charge is -2.24. The van der Waals surface area contributed by atoms with Crippen LogP contribution in [0.15, 0.2) is 101 Å². The van der Waals surface area contributed by atoms with Crippen molar-refractivity contribution in [1.29, 1.82) is 0 Å². The first-order chi connectivity index (χ1) is 16.3. The van der Waals surface area contributed by atoms with E-state index >= 15 is 0 Å². The average Bonchev–Trinajstić information content (AvgIpc) is 3.60. The molecule has 5 heteroatoms. The third kappa shape index (κ3) is 3.75. The van der Waals surface area contributed by atoms with Crippen molar-refractivity contribution in [2.24, 2.45) is 4.99 Å². The maximum absolute atomic E-state index is 5.99. The zero-order chi connectivity index (χ0) is 22.2. The van der Waals surface area contributed by atoms with E-state index in [2.05, 4.69) is 79.7 Å². The van der Waals surface area contributed by atoms with Gasteiger partial charge < -0.3 is 14.2 Å². The topological polar surface area (TPSA) is 40.0 Å². The molecule has 2 aliphatic heterocycles. The molecule has 0 spiro atoms. The van der Waals surface area contributed by atoms with Crippen LogP contribution in [0.1, 0.15) is 24.5 Å². The molecule has 33 heavy (non-hydrogen) atoms. The van der Waals surface area contributed by atoms with Crippen molar-refractivity contribution < 1.29 is 14.2 Å². The first kappa shape index (κ1) is 20.3. The molecule has 3 aromatic carbocycles. The van der Waals surface area contributed by atoms with Gasteiger partial charge in [-0.05, 0) is 54.9 Å². The van der Waals surface area contributed by atoms with Gasteiger partial charge in [0.2, 0.25) is 12.7 Å². The van der Waals surface area contributed by atoms with Crippen LogP contribution in [0, 0.1) is 0 Å². The highest BCUT2D eigenvalue weighted by molar-refractivity contribution is 7.77. The Bertz CT molecular complexity index is 1240. The number of fused-ring (bicyclic) bond motifs is 2. The van der Waals surface area contributed by atoms with Crippen molar-refractivity contribution in [3.63, 3.8) is 0 Å². The van der Waals surface area contributed by atoms with Crippen LogP contribution in [-0.4, -0.2) is 18.7 Å². The molecule has 0 saturated carbocycles. The first-order valence-corrected chi connectivity index (χ1v) is 12.6. The molecule has 6 rings (SSSR count). The largest absolute Gasteiger partial charge is 0.473 e. The fourth-order valence-corrected chi connectivity index (χ4v) is 7.20. The van der Waals surface area contributed by atoms with Crippen molar-refractivity contribution in [3.05, 3.63) is 107 Å². The standard InChI is InChI=1S/C28H24NO3P/c1-19(29-28-24-16-26-25(31-18-32-26)15-20(24)17-30-28)23-13-8-14-27(23)33(21-9-4-2-5-10-21)22-11-6-3-7-12-22/h2-7,9-16,19H,8,17-18H2,1H3/t19-/m1/s1. The molecule has 0 bridgehead atoms. The summed E-state index contributed by atoms with van der Waals surface area (Å²) in [5, 5.41) is 4.10. The minimum Gasteiger partial charge on any atom is -0.473 e. The van der Waals surface area contributed by atoms with Gasteiger partial charge >= 0.3 is 0 Å². The van der Waals surface area contributed by atoms with Crippen LogP contribution >= 0.6 is 7.92 Å². The monoisotopic (exact) mass is 453 g/mol. The van der Waals surface area contributed by atoms with Gasteiger partial charge in [0, 0.05) is 11.1 Å². The van der Waals surface area contributed by atoms with E-state index in [4.69, 9.17) is 19.2 Å². The van der Waals surface area contributed by atoms with Gasteiger partial charge in [-0.3, -0.25) is 0 Å².